The Morgan fingerprint density at radius 3 is 2.31 bits per heavy atom. The van der Waals surface area contributed by atoms with Crippen LogP contribution in [0.15, 0.2) is 54.6 Å². The fraction of sp³-hybridized carbons (Fsp3) is 0.462. The zero-order valence-corrected chi connectivity index (χ0v) is 18.5. The van der Waals surface area contributed by atoms with Crippen molar-refractivity contribution in [2.75, 3.05) is 38.0 Å². The quantitative estimate of drug-likeness (QED) is 0.744. The number of anilines is 1. The Morgan fingerprint density at radius 2 is 1.59 bits per heavy atom. The molecule has 32 heavy (non-hydrogen) atoms. The minimum absolute atomic E-state index is 0.0996. The second-order valence-electron chi connectivity index (χ2n) is 9.01. The minimum atomic E-state index is -0.333. The molecule has 0 spiro atoms. The van der Waals surface area contributed by atoms with E-state index in [-0.39, 0.29) is 29.5 Å². The van der Waals surface area contributed by atoms with E-state index in [0.717, 1.165) is 38.9 Å². The summed E-state index contributed by atoms with van der Waals surface area (Å²) < 4.78 is 13.2. The third-order valence-corrected chi connectivity index (χ3v) is 6.59. The molecule has 170 valence electrons. The number of carbonyl (C=O) groups excluding carboxylic acids is 2. The first-order valence-electron chi connectivity index (χ1n) is 11.7. The van der Waals surface area contributed by atoms with Crippen LogP contribution < -0.4 is 5.32 Å². The highest BCUT2D eigenvalue weighted by Gasteiger charge is 2.37. The summed E-state index contributed by atoms with van der Waals surface area (Å²) in [6, 6.07) is 16.1. The van der Waals surface area contributed by atoms with Gasteiger partial charge in [0.25, 0.3) is 0 Å². The van der Waals surface area contributed by atoms with E-state index in [1.165, 1.54) is 24.1 Å². The molecule has 2 amide bonds. The van der Waals surface area contributed by atoms with E-state index in [0.29, 0.717) is 25.2 Å². The Bertz CT molecular complexity index is 897. The molecule has 0 radical (unpaired) electrons. The molecular weight excluding hydrogens is 405 g/mol. The SMILES string of the molecule is O=C(Nc1ccc(F)cc1)[C@@H]1C[C@H](C(=O)N2CCCCC2)CN(CCc2ccccc2)C1. The fourth-order valence-electron chi connectivity index (χ4n) is 4.82. The highest BCUT2D eigenvalue weighted by atomic mass is 19.1. The molecule has 2 aromatic carbocycles. The van der Waals surface area contributed by atoms with Crippen molar-refractivity contribution < 1.29 is 14.0 Å². The van der Waals surface area contributed by atoms with Gasteiger partial charge >= 0.3 is 0 Å². The van der Waals surface area contributed by atoms with Gasteiger partial charge in [-0.3, -0.25) is 9.59 Å². The molecule has 2 heterocycles. The van der Waals surface area contributed by atoms with Crippen molar-refractivity contribution in [3.8, 4) is 0 Å². The lowest BCUT2D eigenvalue weighted by molar-refractivity contribution is -0.140. The average Bonchev–Trinajstić information content (AvgIpc) is 2.84. The van der Waals surface area contributed by atoms with Crippen molar-refractivity contribution >= 4 is 17.5 Å². The summed E-state index contributed by atoms with van der Waals surface area (Å²) in [5, 5.41) is 2.92. The third kappa shape index (κ3) is 5.94. The molecule has 0 bridgehead atoms. The van der Waals surface area contributed by atoms with Crippen LogP contribution in [-0.4, -0.2) is 54.3 Å². The zero-order chi connectivity index (χ0) is 22.3. The zero-order valence-electron chi connectivity index (χ0n) is 18.5. The predicted molar refractivity (Wildman–Crippen MR) is 124 cm³/mol. The van der Waals surface area contributed by atoms with Crippen LogP contribution in [0.5, 0.6) is 0 Å². The molecule has 2 aliphatic heterocycles. The van der Waals surface area contributed by atoms with Crippen molar-refractivity contribution in [1.82, 2.24) is 9.80 Å². The van der Waals surface area contributed by atoms with E-state index < -0.39 is 0 Å². The van der Waals surface area contributed by atoms with E-state index >= 15 is 0 Å². The largest absolute Gasteiger partial charge is 0.342 e. The lowest BCUT2D eigenvalue weighted by atomic mass is 9.86. The van der Waals surface area contributed by atoms with Gasteiger partial charge in [-0.25, -0.2) is 4.39 Å². The Labute approximate surface area is 189 Å². The first kappa shape index (κ1) is 22.5. The van der Waals surface area contributed by atoms with Crippen molar-refractivity contribution in [3.05, 3.63) is 66.0 Å². The van der Waals surface area contributed by atoms with Gasteiger partial charge in [0.1, 0.15) is 5.82 Å². The number of nitrogens with one attached hydrogen (secondary N) is 1. The van der Waals surface area contributed by atoms with Gasteiger partial charge in [0, 0.05) is 38.4 Å². The number of hydrogen-bond donors (Lipinski definition) is 1. The molecule has 2 atom stereocenters. The first-order chi connectivity index (χ1) is 15.6. The van der Waals surface area contributed by atoms with E-state index in [4.69, 9.17) is 0 Å². The molecule has 0 aliphatic carbocycles. The number of nitrogens with zero attached hydrogens (tertiary/aromatic N) is 2. The summed E-state index contributed by atoms with van der Waals surface area (Å²) in [6.07, 6.45) is 4.75. The van der Waals surface area contributed by atoms with Gasteiger partial charge in [0.15, 0.2) is 0 Å². The minimum Gasteiger partial charge on any atom is -0.342 e. The van der Waals surface area contributed by atoms with Gasteiger partial charge in [-0.05, 0) is 61.9 Å². The highest BCUT2D eigenvalue weighted by Crippen LogP contribution is 2.27. The van der Waals surface area contributed by atoms with Gasteiger partial charge in [-0.15, -0.1) is 0 Å². The molecule has 1 N–H and O–H groups in total. The molecule has 0 aromatic heterocycles. The maximum atomic E-state index is 13.3. The summed E-state index contributed by atoms with van der Waals surface area (Å²) in [4.78, 5) is 30.6. The molecule has 2 saturated heterocycles. The third-order valence-electron chi connectivity index (χ3n) is 6.59. The number of benzene rings is 2. The second kappa shape index (κ2) is 10.7. The molecule has 5 nitrogen and oxygen atoms in total. The van der Waals surface area contributed by atoms with Crippen molar-refractivity contribution in [2.45, 2.75) is 32.1 Å². The summed E-state index contributed by atoms with van der Waals surface area (Å²) in [5.41, 5.74) is 1.83. The maximum absolute atomic E-state index is 13.3. The number of hydrogen-bond acceptors (Lipinski definition) is 3. The number of amides is 2. The van der Waals surface area contributed by atoms with Crippen molar-refractivity contribution in [2.24, 2.45) is 11.8 Å². The fourth-order valence-corrected chi connectivity index (χ4v) is 4.82. The molecule has 0 saturated carbocycles. The number of carbonyl (C=O) groups is 2. The van der Waals surface area contributed by atoms with E-state index in [1.807, 2.05) is 23.1 Å². The van der Waals surface area contributed by atoms with Gasteiger partial charge in [-0.1, -0.05) is 30.3 Å². The van der Waals surface area contributed by atoms with Crippen LogP contribution in [0.4, 0.5) is 10.1 Å². The lowest BCUT2D eigenvalue weighted by Crippen LogP contribution is -2.51. The van der Waals surface area contributed by atoms with Crippen LogP contribution in [0.25, 0.3) is 0 Å². The molecule has 2 aliphatic rings. The van der Waals surface area contributed by atoms with Crippen LogP contribution in [0.1, 0.15) is 31.2 Å². The number of rotatable bonds is 6. The molecule has 2 aromatic rings. The average molecular weight is 438 g/mol. The summed E-state index contributed by atoms with van der Waals surface area (Å²) in [6.45, 7) is 3.79. The Morgan fingerprint density at radius 1 is 0.906 bits per heavy atom. The summed E-state index contributed by atoms with van der Waals surface area (Å²) in [7, 11) is 0. The number of likely N-dealkylation sites (tertiary alicyclic amines) is 2. The van der Waals surface area contributed by atoms with Crippen molar-refractivity contribution in [3.63, 3.8) is 0 Å². The van der Waals surface area contributed by atoms with Gasteiger partial charge < -0.3 is 15.1 Å². The van der Waals surface area contributed by atoms with Gasteiger partial charge in [0.2, 0.25) is 11.8 Å². The van der Waals surface area contributed by atoms with E-state index in [9.17, 15) is 14.0 Å². The second-order valence-corrected chi connectivity index (χ2v) is 9.01. The molecule has 6 heteroatoms. The Balaban J connectivity index is 1.44. The normalized spacial score (nSPS) is 21.8. The van der Waals surface area contributed by atoms with Crippen LogP contribution in [-0.2, 0) is 16.0 Å². The number of piperidine rings is 2. The first-order valence-corrected chi connectivity index (χ1v) is 11.7. The standard InChI is InChI=1S/C26H32FN3O2/c27-23-9-11-24(12-10-23)28-25(31)21-17-22(26(32)30-14-5-2-6-15-30)19-29(18-21)16-13-20-7-3-1-4-8-20/h1,3-4,7-12,21-22H,2,5-6,13-19H2,(H,28,31)/t21-,22+/m1/s1. The van der Waals surface area contributed by atoms with Gasteiger partial charge in [-0.2, -0.15) is 0 Å². The van der Waals surface area contributed by atoms with E-state index in [2.05, 4.69) is 22.3 Å². The van der Waals surface area contributed by atoms with Crippen LogP contribution in [0.2, 0.25) is 0 Å². The topological polar surface area (TPSA) is 52.7 Å². The smallest absolute Gasteiger partial charge is 0.228 e. The Kier molecular flexibility index (Phi) is 7.53. The molecule has 4 rings (SSSR count). The monoisotopic (exact) mass is 437 g/mol. The lowest BCUT2D eigenvalue weighted by Gasteiger charge is -2.39. The predicted octanol–water partition coefficient (Wildman–Crippen LogP) is 3.96. The Hall–Kier alpha value is -2.73. The van der Waals surface area contributed by atoms with Crippen LogP contribution in [0, 0.1) is 17.7 Å². The summed E-state index contributed by atoms with van der Waals surface area (Å²) >= 11 is 0. The molecular formula is C26H32FN3O2. The molecule has 0 unspecified atom stereocenters. The molecule has 2 fully saturated rings. The number of halogens is 1. The summed E-state index contributed by atoms with van der Waals surface area (Å²) in [5.74, 6) is -0.684. The highest BCUT2D eigenvalue weighted by molar-refractivity contribution is 5.93. The van der Waals surface area contributed by atoms with Gasteiger partial charge in [0.05, 0.1) is 11.8 Å². The van der Waals surface area contributed by atoms with E-state index in [1.54, 1.807) is 12.1 Å². The van der Waals surface area contributed by atoms with Crippen LogP contribution >= 0.6 is 0 Å². The maximum Gasteiger partial charge on any atom is 0.228 e. The van der Waals surface area contributed by atoms with Crippen molar-refractivity contribution in [1.29, 1.82) is 0 Å². The van der Waals surface area contributed by atoms with Crippen LogP contribution in [0.3, 0.4) is 0 Å².